The van der Waals surface area contributed by atoms with Gasteiger partial charge in [0, 0.05) is 13.0 Å². The first kappa shape index (κ1) is 15.0. The highest BCUT2D eigenvalue weighted by Crippen LogP contribution is 2.22. The fourth-order valence-corrected chi connectivity index (χ4v) is 2.67. The Morgan fingerprint density at radius 3 is 2.39 bits per heavy atom. The molecule has 1 aliphatic rings. The molecule has 1 aromatic heterocycles. The van der Waals surface area contributed by atoms with Gasteiger partial charge in [0.1, 0.15) is 17.7 Å². The van der Waals surface area contributed by atoms with Crippen molar-refractivity contribution in [2.45, 2.75) is 19.3 Å². The molecule has 0 aliphatic carbocycles. The number of carbonyl (C=O) groups is 2. The lowest BCUT2D eigenvalue weighted by molar-refractivity contribution is 0.0651. The molecule has 6 nitrogen and oxygen atoms in total. The minimum Gasteiger partial charge on any atom is -0.460 e. The summed E-state index contributed by atoms with van der Waals surface area (Å²) in [5.41, 5.74) is 0.966. The van der Waals surface area contributed by atoms with Gasteiger partial charge >= 0.3 is 0 Å². The molecule has 3 rings (SSSR count). The summed E-state index contributed by atoms with van der Waals surface area (Å²) in [6.45, 7) is 0.401. The molecule has 0 fully saturated rings. The molecule has 23 heavy (non-hydrogen) atoms. The highest BCUT2D eigenvalue weighted by molar-refractivity contribution is 6.21. The van der Waals surface area contributed by atoms with Crippen LogP contribution in [0.15, 0.2) is 46.0 Å². The maximum absolute atomic E-state index is 12.2. The van der Waals surface area contributed by atoms with Crippen molar-refractivity contribution in [1.82, 2.24) is 4.90 Å². The zero-order valence-electron chi connectivity index (χ0n) is 12.4. The third kappa shape index (κ3) is 3.01. The lowest BCUT2D eigenvalue weighted by Gasteiger charge is -2.13. The third-order valence-corrected chi connectivity index (χ3v) is 3.80. The highest BCUT2D eigenvalue weighted by atomic mass is 16.4. The molecule has 0 saturated heterocycles. The van der Waals surface area contributed by atoms with Crippen LogP contribution in [0.4, 0.5) is 0 Å². The van der Waals surface area contributed by atoms with Crippen molar-refractivity contribution in [1.29, 1.82) is 0 Å². The number of furan rings is 1. The van der Waals surface area contributed by atoms with E-state index in [9.17, 15) is 9.59 Å². The molecule has 2 amide bonds. The predicted molar refractivity (Wildman–Crippen MR) is 82.8 cm³/mol. The van der Waals surface area contributed by atoms with Gasteiger partial charge in [0.05, 0.1) is 11.1 Å². The lowest BCUT2D eigenvalue weighted by atomic mass is 10.1. The molecular weight excluding hydrogens is 296 g/mol. The van der Waals surface area contributed by atoms with E-state index in [4.69, 9.17) is 9.62 Å². The summed E-state index contributed by atoms with van der Waals surface area (Å²) in [7, 11) is 0. The lowest BCUT2D eigenvalue weighted by Crippen LogP contribution is -2.30. The molecule has 1 N–H and O–H groups in total. The average molecular weight is 312 g/mol. The quantitative estimate of drug-likeness (QED) is 0.292. The minimum atomic E-state index is -0.218. The number of carbonyl (C=O) groups excluding carboxylic acids is 2. The van der Waals surface area contributed by atoms with Gasteiger partial charge in [-0.2, -0.15) is 0 Å². The summed E-state index contributed by atoms with van der Waals surface area (Å²) in [6.07, 6.45) is 3.41. The van der Waals surface area contributed by atoms with Gasteiger partial charge in [-0.3, -0.25) is 14.5 Å². The molecule has 6 heteroatoms. The van der Waals surface area contributed by atoms with Crippen molar-refractivity contribution in [3.8, 4) is 0 Å². The predicted octanol–water partition coefficient (Wildman–Crippen LogP) is 2.71. The summed E-state index contributed by atoms with van der Waals surface area (Å²) in [5, 5.41) is 11.3. The third-order valence-electron chi connectivity index (χ3n) is 3.80. The Balaban J connectivity index is 1.51. The fraction of sp³-hybridized carbons (Fsp3) is 0.235. The van der Waals surface area contributed by atoms with Gasteiger partial charge in [-0.15, -0.1) is 0 Å². The summed E-state index contributed by atoms with van der Waals surface area (Å²) in [4.78, 5) is 25.7. The number of nitrogens with zero attached hydrogens (tertiary/aromatic N) is 2. The molecular formula is C17H16N2O4. The molecule has 0 spiro atoms. The van der Waals surface area contributed by atoms with Crippen LogP contribution in [0.2, 0.25) is 0 Å². The van der Waals surface area contributed by atoms with Gasteiger partial charge in [0.2, 0.25) is 0 Å². The molecule has 1 aromatic carbocycles. The second kappa shape index (κ2) is 6.48. The topological polar surface area (TPSA) is 83.1 Å². The van der Waals surface area contributed by atoms with E-state index < -0.39 is 0 Å². The smallest absolute Gasteiger partial charge is 0.261 e. The molecule has 1 aliphatic heterocycles. The summed E-state index contributed by atoms with van der Waals surface area (Å²) < 4.78 is 5.43. The number of hydrogen-bond donors (Lipinski definition) is 1. The van der Waals surface area contributed by atoms with E-state index in [1.807, 2.05) is 6.07 Å². The van der Waals surface area contributed by atoms with Crippen molar-refractivity contribution in [3.05, 3.63) is 59.0 Å². The Morgan fingerprint density at radius 2 is 1.74 bits per heavy atom. The number of hydrogen-bond acceptors (Lipinski definition) is 5. The van der Waals surface area contributed by atoms with Gasteiger partial charge < -0.3 is 9.62 Å². The molecule has 2 aromatic rings. The Labute approximate surface area is 133 Å². The monoisotopic (exact) mass is 312 g/mol. The Hall–Kier alpha value is -2.89. The highest BCUT2D eigenvalue weighted by Gasteiger charge is 2.34. The van der Waals surface area contributed by atoms with Crippen LogP contribution < -0.4 is 0 Å². The number of unbranched alkanes of at least 4 members (excludes halogenated alkanes) is 1. The number of fused-ring (bicyclic) bond motifs is 1. The minimum absolute atomic E-state index is 0.218. The SMILES string of the molecule is O=C1c2ccccc2C(=O)N1CCCCc1ccc(/C=N\O)o1. The first-order chi connectivity index (χ1) is 11.2. The average Bonchev–Trinajstić information content (AvgIpc) is 3.10. The first-order valence-electron chi connectivity index (χ1n) is 7.42. The number of imide groups is 1. The zero-order valence-corrected chi connectivity index (χ0v) is 12.4. The van der Waals surface area contributed by atoms with Crippen LogP contribution in [0.1, 0.15) is 45.1 Å². The molecule has 2 heterocycles. The van der Waals surface area contributed by atoms with Crippen LogP contribution in [0.25, 0.3) is 0 Å². The van der Waals surface area contributed by atoms with Gasteiger partial charge in [0.25, 0.3) is 11.8 Å². The standard InChI is InChI=1S/C17H16N2O4/c20-16-14-6-1-2-7-15(14)17(21)19(16)10-4-3-5-12-8-9-13(23-12)11-18-22/h1-2,6-9,11,22H,3-5,10H2/b18-11-. The Kier molecular flexibility index (Phi) is 4.23. The number of rotatable bonds is 6. The van der Waals surface area contributed by atoms with Crippen LogP contribution in [-0.2, 0) is 6.42 Å². The van der Waals surface area contributed by atoms with Crippen molar-refractivity contribution in [3.63, 3.8) is 0 Å². The number of aryl methyl sites for hydroxylation is 1. The van der Waals surface area contributed by atoms with Crippen LogP contribution in [-0.4, -0.2) is 34.7 Å². The van der Waals surface area contributed by atoms with Crippen molar-refractivity contribution >= 4 is 18.0 Å². The van der Waals surface area contributed by atoms with E-state index in [0.29, 0.717) is 36.3 Å². The van der Waals surface area contributed by atoms with E-state index in [2.05, 4.69) is 5.16 Å². The largest absolute Gasteiger partial charge is 0.460 e. The Bertz CT molecular complexity index is 728. The summed E-state index contributed by atoms with van der Waals surface area (Å²) >= 11 is 0. The van der Waals surface area contributed by atoms with Crippen molar-refractivity contribution in [2.75, 3.05) is 6.54 Å². The first-order valence-corrected chi connectivity index (χ1v) is 7.42. The van der Waals surface area contributed by atoms with Crippen LogP contribution in [0, 0.1) is 0 Å². The van der Waals surface area contributed by atoms with Crippen molar-refractivity contribution in [2.24, 2.45) is 5.16 Å². The number of oxime groups is 1. The van der Waals surface area contributed by atoms with Crippen LogP contribution in [0.3, 0.4) is 0 Å². The molecule has 0 bridgehead atoms. The maximum atomic E-state index is 12.2. The van der Waals surface area contributed by atoms with Gasteiger partial charge in [-0.1, -0.05) is 17.3 Å². The fourth-order valence-electron chi connectivity index (χ4n) is 2.67. The van der Waals surface area contributed by atoms with Crippen LogP contribution >= 0.6 is 0 Å². The van der Waals surface area contributed by atoms with Crippen LogP contribution in [0.5, 0.6) is 0 Å². The second-order valence-corrected chi connectivity index (χ2v) is 5.31. The van der Waals surface area contributed by atoms with Crippen molar-refractivity contribution < 1.29 is 19.2 Å². The van der Waals surface area contributed by atoms with E-state index in [0.717, 1.165) is 12.2 Å². The normalized spacial score (nSPS) is 14.0. The molecule has 0 unspecified atom stereocenters. The maximum Gasteiger partial charge on any atom is 0.261 e. The van der Waals surface area contributed by atoms with E-state index in [1.54, 1.807) is 30.3 Å². The molecule has 0 radical (unpaired) electrons. The van der Waals surface area contributed by atoms with E-state index in [-0.39, 0.29) is 11.8 Å². The van der Waals surface area contributed by atoms with E-state index in [1.165, 1.54) is 11.1 Å². The molecule has 0 atom stereocenters. The number of amides is 2. The summed E-state index contributed by atoms with van der Waals surface area (Å²) in [5.74, 6) is 0.834. The Morgan fingerprint density at radius 1 is 1.04 bits per heavy atom. The summed E-state index contributed by atoms with van der Waals surface area (Å²) in [6, 6.07) is 10.4. The van der Waals surface area contributed by atoms with E-state index >= 15 is 0 Å². The molecule has 118 valence electrons. The second-order valence-electron chi connectivity index (χ2n) is 5.31. The van der Waals surface area contributed by atoms with Gasteiger partial charge in [0.15, 0.2) is 0 Å². The van der Waals surface area contributed by atoms with Gasteiger partial charge in [-0.05, 0) is 37.1 Å². The molecule has 0 saturated carbocycles. The zero-order chi connectivity index (χ0) is 16.2. The number of benzene rings is 1. The van der Waals surface area contributed by atoms with Gasteiger partial charge in [-0.25, -0.2) is 0 Å².